The molecule has 0 aliphatic carbocycles. The number of nitrogens with one attached hydrogen (secondary N) is 1. The van der Waals surface area contributed by atoms with Gasteiger partial charge in [-0.2, -0.15) is 10.4 Å². The summed E-state index contributed by atoms with van der Waals surface area (Å²) >= 11 is 0. The third-order valence-corrected chi connectivity index (χ3v) is 2.70. The smallest absolute Gasteiger partial charge is 0.267 e. The molecule has 20 heavy (non-hydrogen) atoms. The Labute approximate surface area is 117 Å². The predicted octanol–water partition coefficient (Wildman–Crippen LogP) is 2.63. The summed E-state index contributed by atoms with van der Waals surface area (Å²) in [6, 6.07) is 16.3. The molecule has 0 saturated heterocycles. The van der Waals surface area contributed by atoms with Crippen LogP contribution in [0, 0.1) is 18.3 Å². The van der Waals surface area contributed by atoms with Crippen LogP contribution in [0.25, 0.3) is 0 Å². The summed E-state index contributed by atoms with van der Waals surface area (Å²) in [4.78, 5) is 11.8. The van der Waals surface area contributed by atoms with E-state index >= 15 is 0 Å². The zero-order valence-electron chi connectivity index (χ0n) is 11.0. The van der Waals surface area contributed by atoms with Crippen LogP contribution in [0.15, 0.2) is 53.6 Å². The van der Waals surface area contributed by atoms with Gasteiger partial charge in [0.1, 0.15) is 0 Å². The highest BCUT2D eigenvalue weighted by Gasteiger charge is 2.02. The van der Waals surface area contributed by atoms with E-state index in [-0.39, 0.29) is 5.91 Å². The van der Waals surface area contributed by atoms with Crippen molar-refractivity contribution in [3.8, 4) is 6.07 Å². The lowest BCUT2D eigenvalue weighted by atomic mass is 10.1. The Morgan fingerprint density at radius 1 is 1.25 bits per heavy atom. The van der Waals surface area contributed by atoms with Gasteiger partial charge < -0.3 is 0 Å². The van der Waals surface area contributed by atoms with Crippen molar-refractivity contribution in [2.24, 2.45) is 5.10 Å². The Hall–Kier alpha value is -2.93. The molecule has 4 heteroatoms. The van der Waals surface area contributed by atoms with Crippen LogP contribution >= 0.6 is 0 Å². The van der Waals surface area contributed by atoms with Crippen molar-refractivity contribution in [3.63, 3.8) is 0 Å². The number of aryl methyl sites for hydroxylation is 1. The standard InChI is InChI=1S/C16H13N3O/c1-12-3-2-4-15(9-12)16(20)19-18-11-14-7-5-13(10-17)6-8-14/h2-9,11H,1H3,(H,19,20)/b18-11+. The third kappa shape index (κ3) is 3.53. The van der Waals surface area contributed by atoms with E-state index in [0.29, 0.717) is 11.1 Å². The van der Waals surface area contributed by atoms with Crippen molar-refractivity contribution in [2.45, 2.75) is 6.92 Å². The average molecular weight is 263 g/mol. The molecule has 0 bridgehead atoms. The summed E-state index contributed by atoms with van der Waals surface area (Å²) < 4.78 is 0. The number of nitrogens with zero attached hydrogens (tertiary/aromatic N) is 2. The Kier molecular flexibility index (Phi) is 4.25. The number of rotatable bonds is 3. The zero-order valence-corrected chi connectivity index (χ0v) is 11.0. The van der Waals surface area contributed by atoms with Crippen LogP contribution in [0.3, 0.4) is 0 Å². The molecule has 0 unspecified atom stereocenters. The van der Waals surface area contributed by atoms with Crippen LogP contribution in [-0.2, 0) is 0 Å². The fourth-order valence-electron chi connectivity index (χ4n) is 1.66. The quantitative estimate of drug-likeness (QED) is 0.683. The van der Waals surface area contributed by atoms with Crippen molar-refractivity contribution in [1.29, 1.82) is 5.26 Å². The molecular formula is C16H13N3O. The molecule has 0 fully saturated rings. The van der Waals surface area contributed by atoms with Gasteiger partial charge in [0, 0.05) is 5.56 Å². The van der Waals surface area contributed by atoms with E-state index in [1.807, 2.05) is 25.1 Å². The van der Waals surface area contributed by atoms with E-state index in [1.54, 1.807) is 36.4 Å². The van der Waals surface area contributed by atoms with Crippen LogP contribution < -0.4 is 5.43 Å². The minimum Gasteiger partial charge on any atom is -0.267 e. The van der Waals surface area contributed by atoms with E-state index in [1.165, 1.54) is 6.21 Å². The van der Waals surface area contributed by atoms with E-state index in [2.05, 4.69) is 10.5 Å². The minimum atomic E-state index is -0.251. The first-order valence-corrected chi connectivity index (χ1v) is 6.09. The number of hydrazone groups is 1. The molecule has 0 atom stereocenters. The van der Waals surface area contributed by atoms with Gasteiger partial charge >= 0.3 is 0 Å². The average Bonchev–Trinajstić information content (AvgIpc) is 2.48. The van der Waals surface area contributed by atoms with Crippen molar-refractivity contribution < 1.29 is 4.79 Å². The number of benzene rings is 2. The summed E-state index contributed by atoms with van der Waals surface area (Å²) in [7, 11) is 0. The summed E-state index contributed by atoms with van der Waals surface area (Å²) in [5, 5.41) is 12.6. The number of amides is 1. The summed E-state index contributed by atoms with van der Waals surface area (Å²) in [5.74, 6) is -0.251. The van der Waals surface area contributed by atoms with Gasteiger partial charge in [-0.05, 0) is 36.8 Å². The highest BCUT2D eigenvalue weighted by molar-refractivity contribution is 5.95. The molecule has 0 aliphatic heterocycles. The van der Waals surface area contributed by atoms with Crippen molar-refractivity contribution >= 4 is 12.1 Å². The molecule has 0 radical (unpaired) electrons. The normalized spacial score (nSPS) is 10.2. The zero-order chi connectivity index (χ0) is 14.4. The number of hydrogen-bond donors (Lipinski definition) is 1. The lowest BCUT2D eigenvalue weighted by Gasteiger charge is -2.00. The van der Waals surface area contributed by atoms with Gasteiger partial charge in [0.05, 0.1) is 17.8 Å². The molecule has 2 aromatic carbocycles. The molecule has 0 aromatic heterocycles. The van der Waals surface area contributed by atoms with Gasteiger partial charge in [0.25, 0.3) is 5.91 Å². The van der Waals surface area contributed by atoms with Gasteiger partial charge in [-0.25, -0.2) is 5.43 Å². The van der Waals surface area contributed by atoms with Crippen LogP contribution in [0.1, 0.15) is 27.0 Å². The summed E-state index contributed by atoms with van der Waals surface area (Å²) in [6.07, 6.45) is 1.54. The largest absolute Gasteiger partial charge is 0.271 e. The van der Waals surface area contributed by atoms with E-state index in [0.717, 1.165) is 11.1 Å². The topological polar surface area (TPSA) is 65.2 Å². The van der Waals surface area contributed by atoms with Crippen LogP contribution in [0.5, 0.6) is 0 Å². The maximum atomic E-state index is 11.8. The molecule has 2 aromatic rings. The van der Waals surface area contributed by atoms with E-state index in [4.69, 9.17) is 5.26 Å². The highest BCUT2D eigenvalue weighted by atomic mass is 16.2. The Morgan fingerprint density at radius 2 is 2.00 bits per heavy atom. The molecule has 1 N–H and O–H groups in total. The number of carbonyl (C=O) groups is 1. The van der Waals surface area contributed by atoms with Gasteiger partial charge in [0.2, 0.25) is 0 Å². The fourth-order valence-corrected chi connectivity index (χ4v) is 1.66. The second-order valence-corrected chi connectivity index (χ2v) is 4.30. The molecule has 0 spiro atoms. The number of hydrogen-bond acceptors (Lipinski definition) is 3. The lowest BCUT2D eigenvalue weighted by molar-refractivity contribution is 0.0955. The second kappa shape index (κ2) is 6.30. The van der Waals surface area contributed by atoms with Crippen LogP contribution in [0.2, 0.25) is 0 Å². The monoisotopic (exact) mass is 263 g/mol. The number of carbonyl (C=O) groups excluding carboxylic acids is 1. The summed E-state index contributed by atoms with van der Waals surface area (Å²) in [5.41, 5.74) is 5.46. The Bertz CT molecular complexity index is 682. The van der Waals surface area contributed by atoms with Crippen LogP contribution in [-0.4, -0.2) is 12.1 Å². The lowest BCUT2D eigenvalue weighted by Crippen LogP contribution is -2.17. The first-order valence-electron chi connectivity index (χ1n) is 6.09. The molecule has 0 aliphatic rings. The van der Waals surface area contributed by atoms with Gasteiger partial charge in [-0.3, -0.25) is 4.79 Å². The first kappa shape index (κ1) is 13.5. The Morgan fingerprint density at radius 3 is 2.65 bits per heavy atom. The SMILES string of the molecule is Cc1cccc(C(=O)N/N=C/c2ccc(C#N)cc2)c1. The predicted molar refractivity (Wildman–Crippen MR) is 77.4 cm³/mol. The maximum absolute atomic E-state index is 11.8. The Balaban J connectivity index is 1.99. The van der Waals surface area contributed by atoms with Gasteiger partial charge in [-0.15, -0.1) is 0 Å². The molecule has 98 valence electrons. The van der Waals surface area contributed by atoms with Crippen molar-refractivity contribution in [1.82, 2.24) is 5.43 Å². The van der Waals surface area contributed by atoms with Crippen molar-refractivity contribution in [2.75, 3.05) is 0 Å². The van der Waals surface area contributed by atoms with Gasteiger partial charge in [-0.1, -0.05) is 29.8 Å². The third-order valence-electron chi connectivity index (χ3n) is 2.70. The molecule has 0 heterocycles. The highest BCUT2D eigenvalue weighted by Crippen LogP contribution is 2.04. The first-order chi connectivity index (χ1) is 9.69. The molecular weight excluding hydrogens is 250 g/mol. The molecule has 4 nitrogen and oxygen atoms in total. The number of nitriles is 1. The minimum absolute atomic E-state index is 0.251. The molecule has 1 amide bonds. The molecule has 2 rings (SSSR count). The van der Waals surface area contributed by atoms with E-state index < -0.39 is 0 Å². The van der Waals surface area contributed by atoms with Crippen LogP contribution in [0.4, 0.5) is 0 Å². The fraction of sp³-hybridized carbons (Fsp3) is 0.0625. The summed E-state index contributed by atoms with van der Waals surface area (Å²) in [6.45, 7) is 1.93. The van der Waals surface area contributed by atoms with Crippen molar-refractivity contribution in [3.05, 3.63) is 70.8 Å². The molecule has 0 saturated carbocycles. The maximum Gasteiger partial charge on any atom is 0.271 e. The second-order valence-electron chi connectivity index (χ2n) is 4.30. The van der Waals surface area contributed by atoms with E-state index in [9.17, 15) is 4.79 Å². The van der Waals surface area contributed by atoms with Gasteiger partial charge in [0.15, 0.2) is 0 Å².